The number of benzene rings is 10. The van der Waals surface area contributed by atoms with E-state index in [0.29, 0.717) is 5.95 Å². The Labute approximate surface area is 385 Å². The summed E-state index contributed by atoms with van der Waals surface area (Å²) in [6.45, 7) is 0. The molecule has 67 heavy (non-hydrogen) atoms. The normalized spacial score (nSPS) is 11.9. The first-order valence-corrected chi connectivity index (χ1v) is 22.8. The number of rotatable bonds is 6. The molecule has 0 N–H and O–H groups in total. The van der Waals surface area contributed by atoms with Crippen LogP contribution in [0, 0.1) is 0 Å². The summed E-state index contributed by atoms with van der Waals surface area (Å²) >= 11 is 0. The standard InChI is InChI=1S/C62H39N5/c1-4-18-40(19-5-1)43-36-44(41-20-6-2-7-21-41)38-46(37-43)66-55-31-17-13-27-51(55)60-57(66)35-34-56-59(60)50-26-12-16-30-54(50)65(56)45-32-33-48-47-24-11-15-29-53(47)67(58(48)39-45)62-63-52-28-14-10-25-49(52)61(64-62)42-22-8-3-9-23-42/h1-39H. The van der Waals surface area contributed by atoms with Crippen molar-refractivity contribution in [3.8, 4) is 50.8 Å². The van der Waals surface area contributed by atoms with E-state index in [1.807, 2.05) is 6.07 Å². The predicted octanol–water partition coefficient (Wildman–Crippen LogP) is 15.9. The fourth-order valence-electron chi connectivity index (χ4n) is 10.7. The summed E-state index contributed by atoms with van der Waals surface area (Å²) in [4.78, 5) is 10.7. The van der Waals surface area contributed by atoms with E-state index in [1.54, 1.807) is 0 Å². The smallest absolute Gasteiger partial charge is 0.235 e. The molecule has 0 spiro atoms. The molecule has 4 heterocycles. The highest BCUT2D eigenvalue weighted by Gasteiger charge is 2.23. The first kappa shape index (κ1) is 37.3. The van der Waals surface area contributed by atoms with E-state index in [1.165, 1.54) is 54.8 Å². The van der Waals surface area contributed by atoms with Crippen LogP contribution in [-0.4, -0.2) is 23.7 Å². The average molecular weight is 854 g/mol. The molecule has 0 bridgehead atoms. The lowest BCUT2D eigenvalue weighted by molar-refractivity contribution is 1.01. The molecule has 0 saturated heterocycles. The van der Waals surface area contributed by atoms with E-state index < -0.39 is 0 Å². The lowest BCUT2D eigenvalue weighted by Crippen LogP contribution is -2.04. The highest BCUT2D eigenvalue weighted by Crippen LogP contribution is 2.44. The molecular weight excluding hydrogens is 815 g/mol. The van der Waals surface area contributed by atoms with E-state index in [-0.39, 0.29) is 0 Å². The van der Waals surface area contributed by atoms with Crippen molar-refractivity contribution in [1.29, 1.82) is 0 Å². The molecule has 0 radical (unpaired) electrons. The van der Waals surface area contributed by atoms with Crippen molar-refractivity contribution in [2.45, 2.75) is 0 Å². The molecular formula is C62H39N5. The monoisotopic (exact) mass is 853 g/mol. The van der Waals surface area contributed by atoms with Gasteiger partial charge < -0.3 is 9.13 Å². The van der Waals surface area contributed by atoms with Crippen LogP contribution >= 0.6 is 0 Å². The molecule has 5 heteroatoms. The molecule has 0 atom stereocenters. The van der Waals surface area contributed by atoms with Gasteiger partial charge in [-0.1, -0.05) is 170 Å². The van der Waals surface area contributed by atoms with Gasteiger partial charge in [-0.2, -0.15) is 0 Å². The zero-order valence-electron chi connectivity index (χ0n) is 36.3. The van der Waals surface area contributed by atoms with E-state index in [4.69, 9.17) is 9.97 Å². The number of aromatic nitrogens is 5. The van der Waals surface area contributed by atoms with Gasteiger partial charge in [0, 0.05) is 54.6 Å². The summed E-state index contributed by atoms with van der Waals surface area (Å²) in [7, 11) is 0. The topological polar surface area (TPSA) is 40.6 Å². The lowest BCUT2D eigenvalue weighted by Gasteiger charge is -2.14. The predicted molar refractivity (Wildman–Crippen MR) is 279 cm³/mol. The molecule has 4 aromatic heterocycles. The van der Waals surface area contributed by atoms with Crippen LogP contribution in [-0.2, 0) is 0 Å². The molecule has 14 rings (SSSR count). The van der Waals surface area contributed by atoms with Crippen LogP contribution in [0.25, 0.3) is 127 Å². The molecule has 5 nitrogen and oxygen atoms in total. The van der Waals surface area contributed by atoms with Gasteiger partial charge in [-0.05, 0) is 89.0 Å². The summed E-state index contributed by atoms with van der Waals surface area (Å²) < 4.78 is 7.16. The SMILES string of the molecule is c1ccc(-c2cc(-c3ccccc3)cc(-n3c4ccccc4c4c5c6ccccc6n(-c6ccc7c8ccccc8n(-c8nc(-c9ccccc9)c9ccccc9n8)c7c6)c5ccc43)c2)cc1. The molecule has 0 amide bonds. The van der Waals surface area contributed by atoms with Gasteiger partial charge in [0.05, 0.1) is 44.3 Å². The van der Waals surface area contributed by atoms with E-state index in [0.717, 1.165) is 66.4 Å². The minimum atomic E-state index is 0.643. The van der Waals surface area contributed by atoms with Crippen LogP contribution in [0.1, 0.15) is 0 Å². The van der Waals surface area contributed by atoms with Crippen molar-refractivity contribution in [3.63, 3.8) is 0 Å². The van der Waals surface area contributed by atoms with Gasteiger partial charge in [-0.15, -0.1) is 0 Å². The molecule has 0 fully saturated rings. The van der Waals surface area contributed by atoms with Crippen LogP contribution in [0.2, 0.25) is 0 Å². The Bertz CT molecular complexity index is 4200. The second-order valence-corrected chi connectivity index (χ2v) is 17.4. The third kappa shape index (κ3) is 5.75. The average Bonchev–Trinajstić information content (AvgIpc) is 4.04. The summed E-state index contributed by atoms with van der Waals surface area (Å²) in [6, 6.07) is 85.1. The number of hydrogen-bond donors (Lipinski definition) is 0. The van der Waals surface area contributed by atoms with Crippen LogP contribution in [0.4, 0.5) is 0 Å². The molecule has 0 aliphatic carbocycles. The number of para-hydroxylation sites is 4. The Morgan fingerprint density at radius 1 is 0.254 bits per heavy atom. The molecule has 0 aliphatic rings. The van der Waals surface area contributed by atoms with Gasteiger partial charge >= 0.3 is 0 Å². The van der Waals surface area contributed by atoms with Gasteiger partial charge in [0.2, 0.25) is 5.95 Å². The quantitative estimate of drug-likeness (QED) is 0.167. The molecule has 312 valence electrons. The fraction of sp³-hybridized carbons (Fsp3) is 0. The van der Waals surface area contributed by atoms with Crippen LogP contribution in [0.15, 0.2) is 237 Å². The van der Waals surface area contributed by atoms with Crippen molar-refractivity contribution in [1.82, 2.24) is 23.7 Å². The second kappa shape index (κ2) is 14.7. The summed E-state index contributed by atoms with van der Waals surface area (Å²) in [6.07, 6.45) is 0. The second-order valence-electron chi connectivity index (χ2n) is 17.4. The zero-order valence-corrected chi connectivity index (χ0v) is 36.3. The Balaban J connectivity index is 1.03. The molecule has 0 saturated carbocycles. The van der Waals surface area contributed by atoms with Crippen molar-refractivity contribution in [2.24, 2.45) is 0 Å². The third-order valence-corrected chi connectivity index (χ3v) is 13.6. The van der Waals surface area contributed by atoms with Gasteiger partial charge in [0.15, 0.2) is 0 Å². The van der Waals surface area contributed by atoms with Gasteiger partial charge in [0.25, 0.3) is 0 Å². The van der Waals surface area contributed by atoms with E-state index in [9.17, 15) is 0 Å². The van der Waals surface area contributed by atoms with Crippen LogP contribution < -0.4 is 0 Å². The zero-order chi connectivity index (χ0) is 44.0. The van der Waals surface area contributed by atoms with Crippen molar-refractivity contribution in [3.05, 3.63) is 237 Å². The third-order valence-electron chi connectivity index (χ3n) is 13.6. The number of hydrogen-bond acceptors (Lipinski definition) is 2. The number of fused-ring (bicyclic) bond motifs is 11. The maximum absolute atomic E-state index is 5.38. The highest BCUT2D eigenvalue weighted by atomic mass is 15.2. The van der Waals surface area contributed by atoms with Gasteiger partial charge in [0.1, 0.15) is 0 Å². The first-order valence-electron chi connectivity index (χ1n) is 22.8. The Morgan fingerprint density at radius 2 is 0.716 bits per heavy atom. The van der Waals surface area contributed by atoms with Gasteiger partial charge in [-0.3, -0.25) is 4.57 Å². The fourth-order valence-corrected chi connectivity index (χ4v) is 10.7. The van der Waals surface area contributed by atoms with Crippen LogP contribution in [0.3, 0.4) is 0 Å². The largest absolute Gasteiger partial charge is 0.309 e. The summed E-state index contributed by atoms with van der Waals surface area (Å²) in [5, 5.41) is 8.23. The molecule has 0 unspecified atom stereocenters. The molecule has 0 aliphatic heterocycles. The van der Waals surface area contributed by atoms with E-state index >= 15 is 0 Å². The maximum atomic E-state index is 5.38. The maximum Gasteiger partial charge on any atom is 0.235 e. The van der Waals surface area contributed by atoms with Crippen molar-refractivity contribution < 1.29 is 0 Å². The Morgan fingerprint density at radius 3 is 1.31 bits per heavy atom. The minimum absolute atomic E-state index is 0.643. The first-order chi connectivity index (χ1) is 33.2. The molecule has 14 aromatic rings. The van der Waals surface area contributed by atoms with Crippen LogP contribution in [0.5, 0.6) is 0 Å². The minimum Gasteiger partial charge on any atom is -0.309 e. The highest BCUT2D eigenvalue weighted by molar-refractivity contribution is 6.29. The number of nitrogens with zero attached hydrogens (tertiary/aromatic N) is 5. The van der Waals surface area contributed by atoms with Gasteiger partial charge in [-0.25, -0.2) is 9.97 Å². The molecule has 10 aromatic carbocycles. The van der Waals surface area contributed by atoms with E-state index in [2.05, 4.69) is 244 Å². The lowest BCUT2D eigenvalue weighted by atomic mass is 9.98. The Kier molecular flexibility index (Phi) is 8.21. The summed E-state index contributed by atoms with van der Waals surface area (Å²) in [5.41, 5.74) is 16.5. The van der Waals surface area contributed by atoms with Crippen molar-refractivity contribution in [2.75, 3.05) is 0 Å². The Hall–Kier alpha value is -9.06. The van der Waals surface area contributed by atoms with Crippen molar-refractivity contribution >= 4 is 76.3 Å². The summed E-state index contributed by atoms with van der Waals surface area (Å²) in [5.74, 6) is 0.643.